The fourth-order valence-corrected chi connectivity index (χ4v) is 2.67. The molecule has 2 aromatic heterocycles. The number of hydrogen-bond donors (Lipinski definition) is 3. The Labute approximate surface area is 132 Å². The molecule has 2 aromatic rings. The third-order valence-electron chi connectivity index (χ3n) is 3.78. The minimum absolute atomic E-state index is 0.0190. The van der Waals surface area contributed by atoms with E-state index in [2.05, 4.69) is 20.6 Å². The van der Waals surface area contributed by atoms with E-state index in [0.29, 0.717) is 18.9 Å². The number of furan rings is 1. The molecule has 8 nitrogen and oxygen atoms in total. The van der Waals surface area contributed by atoms with Crippen LogP contribution in [0, 0.1) is 0 Å². The van der Waals surface area contributed by atoms with Gasteiger partial charge in [-0.25, -0.2) is 9.78 Å². The van der Waals surface area contributed by atoms with Crippen LogP contribution < -0.4 is 21.1 Å². The summed E-state index contributed by atoms with van der Waals surface area (Å²) in [5, 5.41) is 5.72. The van der Waals surface area contributed by atoms with Crippen molar-refractivity contribution in [3.05, 3.63) is 46.9 Å². The normalized spacial score (nSPS) is 17.7. The van der Waals surface area contributed by atoms with Crippen LogP contribution in [0.3, 0.4) is 0 Å². The van der Waals surface area contributed by atoms with E-state index in [0.717, 1.165) is 24.9 Å². The second-order valence-electron chi connectivity index (χ2n) is 5.49. The summed E-state index contributed by atoms with van der Waals surface area (Å²) in [5.41, 5.74) is 0.697. The zero-order chi connectivity index (χ0) is 16.1. The zero-order valence-electron chi connectivity index (χ0n) is 12.6. The average molecular weight is 317 g/mol. The van der Waals surface area contributed by atoms with Crippen LogP contribution in [0.1, 0.15) is 18.4 Å². The molecule has 2 amide bonds. The summed E-state index contributed by atoms with van der Waals surface area (Å²) in [6.45, 7) is 1.74. The van der Waals surface area contributed by atoms with Gasteiger partial charge in [-0.05, 0) is 18.9 Å². The van der Waals surface area contributed by atoms with Crippen molar-refractivity contribution in [3.63, 3.8) is 0 Å². The maximum absolute atomic E-state index is 12.0. The summed E-state index contributed by atoms with van der Waals surface area (Å²) in [4.78, 5) is 32.4. The Hall–Kier alpha value is -2.77. The summed E-state index contributed by atoms with van der Waals surface area (Å²) >= 11 is 0. The Morgan fingerprint density at radius 2 is 2.43 bits per heavy atom. The molecule has 8 heteroatoms. The molecular formula is C15H19N5O3. The van der Waals surface area contributed by atoms with Crippen LogP contribution in [0.2, 0.25) is 0 Å². The van der Waals surface area contributed by atoms with Crippen molar-refractivity contribution in [2.24, 2.45) is 0 Å². The number of hydrogen-bond acceptors (Lipinski definition) is 5. The van der Waals surface area contributed by atoms with Crippen molar-refractivity contribution < 1.29 is 9.21 Å². The SMILES string of the molecule is O=C(NCc1ccoc1)N[C@@H]1CCCN(c2ncc[nH]c2=O)C1. The van der Waals surface area contributed by atoms with Crippen LogP contribution >= 0.6 is 0 Å². The molecule has 1 aliphatic rings. The molecule has 0 radical (unpaired) electrons. The summed E-state index contributed by atoms with van der Waals surface area (Å²) in [6.07, 6.45) is 8.00. The topological polar surface area (TPSA) is 103 Å². The molecule has 23 heavy (non-hydrogen) atoms. The van der Waals surface area contributed by atoms with Gasteiger partial charge in [0, 0.05) is 43.6 Å². The van der Waals surface area contributed by atoms with Gasteiger partial charge in [-0.2, -0.15) is 0 Å². The van der Waals surface area contributed by atoms with E-state index < -0.39 is 0 Å². The van der Waals surface area contributed by atoms with Crippen molar-refractivity contribution in [3.8, 4) is 0 Å². The minimum Gasteiger partial charge on any atom is -0.472 e. The highest BCUT2D eigenvalue weighted by atomic mass is 16.3. The Kier molecular flexibility index (Phi) is 4.60. The van der Waals surface area contributed by atoms with Crippen LogP contribution in [0.4, 0.5) is 10.6 Å². The number of urea groups is 1. The lowest BCUT2D eigenvalue weighted by molar-refractivity contribution is 0.234. The van der Waals surface area contributed by atoms with Crippen molar-refractivity contribution in [2.45, 2.75) is 25.4 Å². The van der Waals surface area contributed by atoms with Crippen LogP contribution in [0.25, 0.3) is 0 Å². The minimum atomic E-state index is -0.229. The molecule has 0 aromatic carbocycles. The monoisotopic (exact) mass is 317 g/mol. The van der Waals surface area contributed by atoms with E-state index in [1.165, 1.54) is 6.20 Å². The van der Waals surface area contributed by atoms with Crippen LogP contribution in [-0.2, 0) is 6.54 Å². The number of amides is 2. The van der Waals surface area contributed by atoms with Crippen LogP contribution in [0.15, 0.2) is 40.2 Å². The molecule has 0 aliphatic carbocycles. The number of anilines is 1. The van der Waals surface area contributed by atoms with Crippen molar-refractivity contribution >= 4 is 11.8 Å². The number of nitrogens with one attached hydrogen (secondary N) is 3. The highest BCUT2D eigenvalue weighted by Crippen LogP contribution is 2.14. The van der Waals surface area contributed by atoms with Gasteiger partial charge in [-0.3, -0.25) is 4.79 Å². The third kappa shape index (κ3) is 3.91. The first-order valence-electron chi connectivity index (χ1n) is 7.56. The smallest absolute Gasteiger partial charge is 0.315 e. The predicted molar refractivity (Wildman–Crippen MR) is 84.2 cm³/mol. The fraction of sp³-hybridized carbons (Fsp3) is 0.400. The zero-order valence-corrected chi connectivity index (χ0v) is 12.6. The van der Waals surface area contributed by atoms with Crippen LogP contribution in [0.5, 0.6) is 0 Å². The second-order valence-corrected chi connectivity index (χ2v) is 5.49. The molecule has 1 atom stereocenters. The van der Waals surface area contributed by atoms with Crippen molar-refractivity contribution in [1.82, 2.24) is 20.6 Å². The maximum atomic E-state index is 12.0. The summed E-state index contributed by atoms with van der Waals surface area (Å²) in [5.74, 6) is 0.401. The highest BCUT2D eigenvalue weighted by molar-refractivity contribution is 5.74. The standard InChI is InChI=1S/C15H19N5O3/c21-14-13(16-4-5-17-14)20-6-1-2-12(9-20)19-15(22)18-8-11-3-7-23-10-11/h3-5,7,10,12H,1-2,6,8-9H2,(H,17,21)(H2,18,19,22)/t12-/m1/s1. The van der Waals surface area contributed by atoms with Gasteiger partial charge in [0.15, 0.2) is 5.82 Å². The van der Waals surface area contributed by atoms with E-state index in [4.69, 9.17) is 4.42 Å². The fourth-order valence-electron chi connectivity index (χ4n) is 2.67. The van der Waals surface area contributed by atoms with Crippen molar-refractivity contribution in [1.29, 1.82) is 0 Å². The number of piperidine rings is 1. The molecule has 0 spiro atoms. The number of rotatable bonds is 4. The van der Waals surface area contributed by atoms with Gasteiger partial charge in [0.25, 0.3) is 5.56 Å². The summed E-state index contributed by atoms with van der Waals surface area (Å²) in [6, 6.07) is 1.55. The lowest BCUT2D eigenvalue weighted by Crippen LogP contribution is -2.51. The van der Waals surface area contributed by atoms with E-state index in [1.807, 2.05) is 4.90 Å². The molecule has 122 valence electrons. The molecule has 3 N–H and O–H groups in total. The average Bonchev–Trinajstić information content (AvgIpc) is 3.07. The predicted octanol–water partition coefficient (Wildman–Crippen LogP) is 0.831. The van der Waals surface area contributed by atoms with Gasteiger partial charge in [-0.1, -0.05) is 0 Å². The van der Waals surface area contributed by atoms with E-state index in [-0.39, 0.29) is 17.6 Å². The Morgan fingerprint density at radius 1 is 1.52 bits per heavy atom. The molecule has 0 unspecified atom stereocenters. The molecule has 1 aliphatic heterocycles. The molecule has 1 saturated heterocycles. The van der Waals surface area contributed by atoms with Crippen molar-refractivity contribution in [2.75, 3.05) is 18.0 Å². The quantitative estimate of drug-likeness (QED) is 0.775. The van der Waals surface area contributed by atoms with Gasteiger partial charge in [0.05, 0.1) is 12.5 Å². The molecule has 3 heterocycles. The summed E-state index contributed by atoms with van der Waals surface area (Å²) in [7, 11) is 0. The Balaban J connectivity index is 1.53. The maximum Gasteiger partial charge on any atom is 0.315 e. The molecule has 0 bridgehead atoms. The number of carbonyl (C=O) groups excluding carboxylic acids is 1. The lowest BCUT2D eigenvalue weighted by atomic mass is 10.1. The molecular weight excluding hydrogens is 298 g/mol. The number of aromatic amines is 1. The molecule has 1 fully saturated rings. The van der Waals surface area contributed by atoms with Crippen LogP contribution in [-0.4, -0.2) is 35.1 Å². The lowest BCUT2D eigenvalue weighted by Gasteiger charge is -2.33. The number of aromatic nitrogens is 2. The Morgan fingerprint density at radius 3 is 3.22 bits per heavy atom. The third-order valence-corrected chi connectivity index (χ3v) is 3.78. The van der Waals surface area contributed by atoms with E-state index >= 15 is 0 Å². The van der Waals surface area contributed by atoms with E-state index in [9.17, 15) is 9.59 Å². The summed E-state index contributed by atoms with van der Waals surface area (Å²) < 4.78 is 4.95. The van der Waals surface area contributed by atoms with Gasteiger partial charge >= 0.3 is 6.03 Å². The number of nitrogens with zero attached hydrogens (tertiary/aromatic N) is 2. The highest BCUT2D eigenvalue weighted by Gasteiger charge is 2.23. The van der Waals surface area contributed by atoms with Gasteiger partial charge in [0.2, 0.25) is 0 Å². The first-order valence-corrected chi connectivity index (χ1v) is 7.56. The van der Waals surface area contributed by atoms with E-state index in [1.54, 1.807) is 24.8 Å². The second kappa shape index (κ2) is 6.99. The largest absolute Gasteiger partial charge is 0.472 e. The first-order chi connectivity index (χ1) is 11.2. The van der Waals surface area contributed by atoms with Gasteiger partial charge in [0.1, 0.15) is 0 Å². The first kappa shape index (κ1) is 15.1. The van der Waals surface area contributed by atoms with Gasteiger partial charge in [-0.15, -0.1) is 0 Å². The number of carbonyl (C=O) groups is 1. The molecule has 0 saturated carbocycles. The number of H-pyrrole nitrogens is 1. The van der Waals surface area contributed by atoms with Gasteiger partial charge < -0.3 is 24.9 Å². The Bertz CT molecular complexity index is 697. The molecule has 3 rings (SSSR count).